The third-order valence-corrected chi connectivity index (χ3v) is 6.69. The van der Waals surface area contributed by atoms with Crippen LogP contribution in [0.25, 0.3) is 11.3 Å². The Hall–Kier alpha value is -4.79. The van der Waals surface area contributed by atoms with Crippen LogP contribution in [0.3, 0.4) is 0 Å². The van der Waals surface area contributed by atoms with Crippen LogP contribution >= 0.6 is 0 Å². The summed E-state index contributed by atoms with van der Waals surface area (Å²) in [4.78, 5) is 38.9. The molecule has 1 aliphatic rings. The van der Waals surface area contributed by atoms with E-state index in [4.69, 9.17) is 0 Å². The van der Waals surface area contributed by atoms with Crippen LogP contribution in [0.1, 0.15) is 40.2 Å². The van der Waals surface area contributed by atoms with E-state index in [9.17, 15) is 14.7 Å². The minimum absolute atomic E-state index is 0.161. The van der Waals surface area contributed by atoms with E-state index in [1.165, 1.54) is 4.90 Å². The van der Waals surface area contributed by atoms with Gasteiger partial charge in [-0.05, 0) is 73.4 Å². The van der Waals surface area contributed by atoms with E-state index in [-0.39, 0.29) is 11.8 Å². The number of carbonyl (C=O) groups excluding carboxylic acids is 1. The number of rotatable bonds is 6. The Bertz CT molecular complexity index is 1440. The van der Waals surface area contributed by atoms with E-state index >= 15 is 0 Å². The van der Waals surface area contributed by atoms with Gasteiger partial charge in [-0.15, -0.1) is 0 Å². The number of aromatic nitrogens is 3. The number of carbonyl (C=O) groups is 2. The zero-order valence-corrected chi connectivity index (χ0v) is 21.0. The van der Waals surface area contributed by atoms with Crippen LogP contribution in [0.15, 0.2) is 79.3 Å². The van der Waals surface area contributed by atoms with E-state index in [1.807, 2.05) is 55.5 Å². The summed E-state index contributed by atoms with van der Waals surface area (Å²) in [5, 5.41) is 15.5. The number of benzene rings is 2. The van der Waals surface area contributed by atoms with Crippen LogP contribution in [-0.4, -0.2) is 50.0 Å². The molecular weight excluding hydrogens is 480 g/mol. The van der Waals surface area contributed by atoms with Gasteiger partial charge >= 0.3 is 6.09 Å². The SMILES string of the molecule is Cc1ccc(C(=O)Nc2ccc(C3CCCN(C(=O)O)C3)cc2)cc1Nc1nccc(-c2cccnc2)n1. The maximum atomic E-state index is 13.0. The number of aryl methyl sites for hydroxylation is 1. The molecule has 0 aliphatic carbocycles. The molecule has 1 aliphatic heterocycles. The standard InChI is InChI=1S/C29H28N6O3/c1-19-6-7-21(16-26(19)34-28-31-14-12-25(33-28)22-4-2-13-30-17-22)27(36)32-24-10-8-20(9-11-24)23-5-3-15-35(18-23)29(37)38/h2,4,6-14,16-17,23H,3,5,15,18H2,1H3,(H,32,36)(H,37,38)(H,31,33,34). The molecule has 9 nitrogen and oxygen atoms in total. The van der Waals surface area contributed by atoms with E-state index < -0.39 is 6.09 Å². The molecule has 3 heterocycles. The minimum Gasteiger partial charge on any atom is -0.465 e. The van der Waals surface area contributed by atoms with Crippen LogP contribution in [0.5, 0.6) is 0 Å². The fourth-order valence-corrected chi connectivity index (χ4v) is 4.58. The molecule has 3 N–H and O–H groups in total. The summed E-state index contributed by atoms with van der Waals surface area (Å²) in [6.45, 7) is 3.02. The molecule has 0 spiro atoms. The number of nitrogens with one attached hydrogen (secondary N) is 2. The first-order chi connectivity index (χ1) is 18.5. The number of pyridine rings is 1. The van der Waals surface area contributed by atoms with Gasteiger partial charge in [0.25, 0.3) is 5.91 Å². The van der Waals surface area contributed by atoms with Crippen LogP contribution in [-0.2, 0) is 0 Å². The van der Waals surface area contributed by atoms with Crippen molar-refractivity contribution in [2.24, 2.45) is 0 Å². The first-order valence-corrected chi connectivity index (χ1v) is 12.5. The highest BCUT2D eigenvalue weighted by Crippen LogP contribution is 2.28. The van der Waals surface area contributed by atoms with Crippen LogP contribution in [0.4, 0.5) is 22.1 Å². The van der Waals surface area contributed by atoms with Crippen molar-refractivity contribution >= 4 is 29.3 Å². The normalized spacial score (nSPS) is 15.1. The van der Waals surface area contributed by atoms with E-state index in [1.54, 1.807) is 30.7 Å². The van der Waals surface area contributed by atoms with Crippen molar-refractivity contribution in [1.82, 2.24) is 19.9 Å². The third kappa shape index (κ3) is 5.78. The van der Waals surface area contributed by atoms with Gasteiger partial charge < -0.3 is 20.6 Å². The maximum Gasteiger partial charge on any atom is 0.407 e. The predicted molar refractivity (Wildman–Crippen MR) is 146 cm³/mol. The van der Waals surface area contributed by atoms with Crippen molar-refractivity contribution in [3.05, 3.63) is 95.9 Å². The van der Waals surface area contributed by atoms with Gasteiger partial charge in [-0.3, -0.25) is 9.78 Å². The highest BCUT2D eigenvalue weighted by molar-refractivity contribution is 6.05. The average Bonchev–Trinajstić information content (AvgIpc) is 2.95. The van der Waals surface area contributed by atoms with E-state index in [2.05, 4.69) is 25.6 Å². The Labute approximate surface area is 220 Å². The number of hydrogen-bond acceptors (Lipinski definition) is 6. The molecule has 2 aromatic carbocycles. The lowest BCUT2D eigenvalue weighted by atomic mass is 9.91. The molecule has 38 heavy (non-hydrogen) atoms. The smallest absolute Gasteiger partial charge is 0.407 e. The van der Waals surface area contributed by atoms with Crippen molar-refractivity contribution in [3.63, 3.8) is 0 Å². The molecule has 1 atom stereocenters. The Morgan fingerprint density at radius 3 is 2.66 bits per heavy atom. The van der Waals surface area contributed by atoms with Crippen molar-refractivity contribution in [2.75, 3.05) is 23.7 Å². The minimum atomic E-state index is -0.877. The number of anilines is 3. The fraction of sp³-hybridized carbons (Fsp3) is 0.207. The van der Waals surface area contributed by atoms with Gasteiger partial charge in [0, 0.05) is 60.1 Å². The first kappa shape index (κ1) is 24.9. The molecule has 0 saturated carbocycles. The average molecular weight is 509 g/mol. The second-order valence-corrected chi connectivity index (χ2v) is 9.31. The summed E-state index contributed by atoms with van der Waals surface area (Å²) in [5.41, 5.74) is 5.55. The second-order valence-electron chi connectivity index (χ2n) is 9.31. The fourth-order valence-electron chi connectivity index (χ4n) is 4.58. The molecule has 2 aromatic heterocycles. The summed E-state index contributed by atoms with van der Waals surface area (Å²) < 4.78 is 0. The van der Waals surface area contributed by atoms with Gasteiger partial charge in [0.2, 0.25) is 5.95 Å². The number of nitrogens with zero attached hydrogens (tertiary/aromatic N) is 4. The summed E-state index contributed by atoms with van der Waals surface area (Å²) >= 11 is 0. The van der Waals surface area contributed by atoms with Crippen molar-refractivity contribution in [3.8, 4) is 11.3 Å². The second kappa shape index (κ2) is 11.1. The van der Waals surface area contributed by atoms with Gasteiger partial charge in [-0.25, -0.2) is 14.8 Å². The number of hydrogen-bond donors (Lipinski definition) is 3. The van der Waals surface area contributed by atoms with Crippen molar-refractivity contribution in [2.45, 2.75) is 25.7 Å². The molecule has 192 valence electrons. The summed E-state index contributed by atoms with van der Waals surface area (Å²) in [6.07, 6.45) is 6.05. The summed E-state index contributed by atoms with van der Waals surface area (Å²) in [6, 6.07) is 18.7. The van der Waals surface area contributed by atoms with Crippen LogP contribution in [0.2, 0.25) is 0 Å². The zero-order chi connectivity index (χ0) is 26.5. The Morgan fingerprint density at radius 1 is 1.05 bits per heavy atom. The molecule has 4 aromatic rings. The predicted octanol–water partition coefficient (Wildman–Crippen LogP) is 5.70. The summed E-state index contributed by atoms with van der Waals surface area (Å²) in [7, 11) is 0. The van der Waals surface area contributed by atoms with E-state index in [0.29, 0.717) is 30.3 Å². The Kier molecular flexibility index (Phi) is 7.26. The highest BCUT2D eigenvalue weighted by Gasteiger charge is 2.24. The molecule has 9 heteroatoms. The maximum absolute atomic E-state index is 13.0. The molecule has 1 fully saturated rings. The van der Waals surface area contributed by atoms with E-state index in [0.717, 1.165) is 40.9 Å². The molecule has 5 rings (SSSR count). The molecule has 1 saturated heterocycles. The molecule has 0 radical (unpaired) electrons. The third-order valence-electron chi connectivity index (χ3n) is 6.69. The molecule has 1 unspecified atom stereocenters. The van der Waals surface area contributed by atoms with Gasteiger partial charge in [0.1, 0.15) is 0 Å². The topological polar surface area (TPSA) is 120 Å². The largest absolute Gasteiger partial charge is 0.465 e. The lowest BCUT2D eigenvalue weighted by Crippen LogP contribution is -2.38. The number of carboxylic acid groups (broad SMARTS) is 1. The quantitative estimate of drug-likeness (QED) is 0.305. The zero-order valence-electron chi connectivity index (χ0n) is 21.0. The highest BCUT2D eigenvalue weighted by atomic mass is 16.4. The van der Waals surface area contributed by atoms with Crippen molar-refractivity contribution < 1.29 is 14.7 Å². The van der Waals surface area contributed by atoms with Gasteiger partial charge in [-0.2, -0.15) is 0 Å². The van der Waals surface area contributed by atoms with Crippen molar-refractivity contribution in [1.29, 1.82) is 0 Å². The van der Waals surface area contributed by atoms with Gasteiger partial charge in [0.05, 0.1) is 5.69 Å². The number of amides is 2. The van der Waals surface area contributed by atoms with Gasteiger partial charge in [0.15, 0.2) is 0 Å². The Morgan fingerprint density at radius 2 is 1.89 bits per heavy atom. The number of piperidine rings is 1. The van der Waals surface area contributed by atoms with Crippen LogP contribution in [0, 0.1) is 6.92 Å². The lowest BCUT2D eigenvalue weighted by molar-refractivity contribution is 0.102. The van der Waals surface area contributed by atoms with Gasteiger partial charge in [-0.1, -0.05) is 18.2 Å². The molecule has 2 amide bonds. The monoisotopic (exact) mass is 508 g/mol. The Balaban J connectivity index is 1.27. The molecule has 0 bridgehead atoms. The molecular formula is C29H28N6O3. The lowest BCUT2D eigenvalue weighted by Gasteiger charge is -2.31. The summed E-state index contributed by atoms with van der Waals surface area (Å²) in [5.74, 6) is 0.349. The first-order valence-electron chi connectivity index (χ1n) is 12.5. The van der Waals surface area contributed by atoms with Crippen LogP contribution < -0.4 is 10.6 Å². The number of likely N-dealkylation sites (tertiary alicyclic amines) is 1.